The fourth-order valence-electron chi connectivity index (χ4n) is 5.84. The molecule has 1 spiro atoms. The first-order valence-corrected chi connectivity index (χ1v) is 12.2. The predicted molar refractivity (Wildman–Crippen MR) is 130 cm³/mol. The van der Waals surface area contributed by atoms with E-state index < -0.39 is 23.6 Å². The van der Waals surface area contributed by atoms with Gasteiger partial charge in [0.1, 0.15) is 5.75 Å². The number of benzene rings is 1. The highest BCUT2D eigenvalue weighted by molar-refractivity contribution is 5.94. The summed E-state index contributed by atoms with van der Waals surface area (Å²) in [5, 5.41) is 23.4. The third-order valence-electron chi connectivity index (χ3n) is 7.96. The van der Waals surface area contributed by atoms with Gasteiger partial charge in [-0.1, -0.05) is 62.8 Å². The van der Waals surface area contributed by atoms with Crippen molar-refractivity contribution in [3.05, 3.63) is 65.8 Å². The van der Waals surface area contributed by atoms with Gasteiger partial charge in [0.05, 0.1) is 6.10 Å². The Kier molecular flexibility index (Phi) is 6.72. The predicted octanol–water partition coefficient (Wildman–Crippen LogP) is 3.69. The largest absolute Gasteiger partial charge is 0.508 e. The maximum absolute atomic E-state index is 13.7. The normalized spacial score (nSPS) is 38.0. The molecule has 34 heavy (non-hydrogen) atoms. The molecule has 2 heterocycles. The van der Waals surface area contributed by atoms with Gasteiger partial charge in [0.25, 0.3) is 5.91 Å². The number of phenolic OH excluding ortho intramolecular Hbond substituents is 1. The third kappa shape index (κ3) is 4.31. The van der Waals surface area contributed by atoms with Gasteiger partial charge >= 0.3 is 5.97 Å². The first-order chi connectivity index (χ1) is 16.1. The highest BCUT2D eigenvalue weighted by Crippen LogP contribution is 2.50. The summed E-state index contributed by atoms with van der Waals surface area (Å²) >= 11 is 0. The molecular weight excluding hydrogens is 430 g/mol. The topological polar surface area (TPSA) is 95.9 Å². The molecule has 0 saturated carbocycles. The molecule has 0 bridgehead atoms. The standard InChI is InChI=1S/C28H35NO5/c1-16-6-5-7-21-14-18(3)19(4)25-23(15-20-9-11-22(30)12-10-20)29-27(33)28(21,25)34-24(31)13-8-17(2)26(16)32/h5,7-14,16-17,19,21,23,25-26,30,32H,6,15H2,1-4H3,(H,29,33). The Bertz CT molecular complexity index is 1030. The summed E-state index contributed by atoms with van der Waals surface area (Å²) in [5.41, 5.74) is 0.799. The van der Waals surface area contributed by atoms with Crippen molar-refractivity contribution in [2.24, 2.45) is 29.6 Å². The number of hydrogen-bond donors (Lipinski definition) is 3. The van der Waals surface area contributed by atoms with Crippen molar-refractivity contribution in [3.8, 4) is 5.75 Å². The molecule has 8 atom stereocenters. The quantitative estimate of drug-likeness (QED) is 0.457. The van der Waals surface area contributed by atoms with Crippen LogP contribution in [0.25, 0.3) is 0 Å². The number of rotatable bonds is 2. The van der Waals surface area contributed by atoms with Gasteiger partial charge in [-0.3, -0.25) is 4.79 Å². The lowest BCUT2D eigenvalue weighted by atomic mass is 9.63. The number of amides is 1. The maximum Gasteiger partial charge on any atom is 0.331 e. The molecule has 182 valence electrons. The van der Waals surface area contributed by atoms with Crippen LogP contribution < -0.4 is 5.32 Å². The van der Waals surface area contributed by atoms with Crippen LogP contribution in [0.2, 0.25) is 0 Å². The van der Waals surface area contributed by atoms with Crippen molar-refractivity contribution in [2.45, 2.75) is 58.3 Å². The smallest absolute Gasteiger partial charge is 0.331 e. The Morgan fingerprint density at radius 1 is 1.12 bits per heavy atom. The van der Waals surface area contributed by atoms with Gasteiger partial charge in [-0.05, 0) is 49.3 Å². The fraction of sp³-hybridized carbons (Fsp3) is 0.500. The average molecular weight is 466 g/mol. The van der Waals surface area contributed by atoms with E-state index in [0.717, 1.165) is 11.1 Å². The van der Waals surface area contributed by atoms with Gasteiger partial charge in [-0.25, -0.2) is 4.79 Å². The second-order valence-electron chi connectivity index (χ2n) is 10.3. The number of nitrogens with one attached hydrogen (secondary N) is 1. The summed E-state index contributed by atoms with van der Waals surface area (Å²) in [6.07, 6.45) is 9.69. The van der Waals surface area contributed by atoms with E-state index in [9.17, 15) is 19.8 Å². The number of esters is 1. The van der Waals surface area contributed by atoms with Crippen molar-refractivity contribution < 1.29 is 24.5 Å². The SMILES string of the molecule is CC1=CC2C=CCC(C)C(O)C(C)C=CC(=O)OC23C(=O)NC(Cc2ccc(O)cc2)C3C1C. The molecule has 1 fully saturated rings. The summed E-state index contributed by atoms with van der Waals surface area (Å²) in [6, 6.07) is 6.75. The van der Waals surface area contributed by atoms with Crippen LogP contribution in [0.5, 0.6) is 5.75 Å². The van der Waals surface area contributed by atoms with E-state index in [4.69, 9.17) is 4.74 Å². The third-order valence-corrected chi connectivity index (χ3v) is 7.96. The molecule has 6 nitrogen and oxygen atoms in total. The number of carbonyl (C=O) groups is 2. The first-order valence-electron chi connectivity index (χ1n) is 12.2. The van der Waals surface area contributed by atoms with Gasteiger partial charge in [0, 0.05) is 29.9 Å². The zero-order valence-corrected chi connectivity index (χ0v) is 20.3. The van der Waals surface area contributed by atoms with Crippen LogP contribution in [0.4, 0.5) is 0 Å². The van der Waals surface area contributed by atoms with Gasteiger partial charge in [-0.15, -0.1) is 0 Å². The second-order valence-corrected chi connectivity index (χ2v) is 10.3. The average Bonchev–Trinajstić information content (AvgIpc) is 3.07. The van der Waals surface area contributed by atoms with Gasteiger partial charge in [-0.2, -0.15) is 0 Å². The van der Waals surface area contributed by atoms with E-state index in [1.54, 1.807) is 18.2 Å². The van der Waals surface area contributed by atoms with E-state index in [2.05, 4.69) is 19.2 Å². The Morgan fingerprint density at radius 2 is 1.82 bits per heavy atom. The highest BCUT2D eigenvalue weighted by atomic mass is 16.6. The number of aliphatic hydroxyl groups excluding tert-OH is 1. The molecule has 1 aromatic carbocycles. The van der Waals surface area contributed by atoms with Crippen molar-refractivity contribution in [1.82, 2.24) is 5.32 Å². The fourth-order valence-corrected chi connectivity index (χ4v) is 5.84. The lowest BCUT2D eigenvalue weighted by molar-refractivity contribution is -0.172. The van der Waals surface area contributed by atoms with Crippen LogP contribution in [0.1, 0.15) is 39.7 Å². The molecule has 0 aromatic heterocycles. The molecule has 2 aliphatic heterocycles. The van der Waals surface area contributed by atoms with Crippen LogP contribution in [0.15, 0.2) is 60.2 Å². The molecule has 8 unspecified atom stereocenters. The van der Waals surface area contributed by atoms with Crippen molar-refractivity contribution in [2.75, 3.05) is 0 Å². The molecule has 1 aliphatic carbocycles. The lowest BCUT2D eigenvalue weighted by Gasteiger charge is -2.44. The zero-order chi connectivity index (χ0) is 24.6. The van der Waals surface area contributed by atoms with Crippen LogP contribution in [-0.4, -0.2) is 39.8 Å². The van der Waals surface area contributed by atoms with E-state index >= 15 is 0 Å². The molecule has 4 rings (SSSR count). The molecule has 3 aliphatic rings. The second kappa shape index (κ2) is 9.41. The Morgan fingerprint density at radius 3 is 2.53 bits per heavy atom. The number of allylic oxidation sites excluding steroid dienone is 2. The van der Waals surface area contributed by atoms with Gasteiger partial charge < -0.3 is 20.3 Å². The maximum atomic E-state index is 13.7. The Balaban J connectivity index is 1.76. The highest BCUT2D eigenvalue weighted by Gasteiger charge is 2.64. The molecule has 6 heteroatoms. The summed E-state index contributed by atoms with van der Waals surface area (Å²) in [4.78, 5) is 26.7. The number of aliphatic hydroxyl groups is 1. The van der Waals surface area contributed by atoms with Gasteiger partial charge in [0.2, 0.25) is 5.60 Å². The first kappa shape index (κ1) is 24.3. The van der Waals surface area contributed by atoms with Crippen LogP contribution >= 0.6 is 0 Å². The summed E-state index contributed by atoms with van der Waals surface area (Å²) in [6.45, 7) is 8.01. The monoisotopic (exact) mass is 465 g/mol. The van der Waals surface area contributed by atoms with Crippen molar-refractivity contribution in [1.29, 1.82) is 0 Å². The number of aromatic hydroxyl groups is 1. The molecular formula is C28H35NO5. The van der Waals surface area contributed by atoms with Crippen molar-refractivity contribution >= 4 is 11.9 Å². The minimum atomic E-state index is -1.34. The van der Waals surface area contributed by atoms with E-state index in [-0.39, 0.29) is 41.4 Å². The lowest BCUT2D eigenvalue weighted by Crippen LogP contribution is -2.56. The van der Waals surface area contributed by atoms with Crippen molar-refractivity contribution in [3.63, 3.8) is 0 Å². The summed E-state index contributed by atoms with van der Waals surface area (Å²) < 4.78 is 6.11. The zero-order valence-electron chi connectivity index (χ0n) is 20.3. The summed E-state index contributed by atoms with van der Waals surface area (Å²) in [5.74, 6) is -1.50. The van der Waals surface area contributed by atoms with Gasteiger partial charge in [0.15, 0.2) is 0 Å². The Hall–Kier alpha value is -2.86. The Labute approximate surface area is 201 Å². The number of ether oxygens (including phenoxy) is 1. The minimum Gasteiger partial charge on any atom is -0.508 e. The number of phenols is 1. The summed E-state index contributed by atoms with van der Waals surface area (Å²) in [7, 11) is 0. The number of hydrogen-bond acceptors (Lipinski definition) is 5. The number of carbonyl (C=O) groups excluding carboxylic acids is 2. The minimum absolute atomic E-state index is 0.00494. The van der Waals surface area contributed by atoms with E-state index in [0.29, 0.717) is 12.8 Å². The molecule has 3 N–H and O–H groups in total. The molecule has 0 radical (unpaired) electrons. The van der Waals surface area contributed by atoms with Crippen LogP contribution in [0.3, 0.4) is 0 Å². The van der Waals surface area contributed by atoms with Crippen LogP contribution in [0, 0.1) is 29.6 Å². The molecule has 1 amide bonds. The van der Waals surface area contributed by atoms with E-state index in [1.165, 1.54) is 6.08 Å². The molecule has 1 aromatic rings. The van der Waals surface area contributed by atoms with Crippen LogP contribution in [-0.2, 0) is 20.7 Å². The van der Waals surface area contributed by atoms with E-state index in [1.807, 2.05) is 44.2 Å². The molecule has 1 saturated heterocycles.